The lowest BCUT2D eigenvalue weighted by atomic mass is 9.83. The number of rotatable bonds is 15. The Labute approximate surface area is 231 Å². The molecular weight excluding hydrogens is 474 g/mol. The van der Waals surface area contributed by atoms with Crippen LogP contribution in [0.15, 0.2) is 12.2 Å². The van der Waals surface area contributed by atoms with Crippen LogP contribution in [0, 0.1) is 38.5 Å². The van der Waals surface area contributed by atoms with E-state index >= 15 is 0 Å². The number of fused-ring (bicyclic) bond motifs is 1. The molecule has 0 radical (unpaired) electrons. The van der Waals surface area contributed by atoms with Crippen molar-refractivity contribution in [2.45, 2.75) is 132 Å². The number of carboxylic acids is 1. The smallest absolute Gasteiger partial charge is 0.328 e. The molecule has 0 unspecified atom stereocenters. The molecule has 0 saturated carbocycles. The largest absolute Gasteiger partial charge is 0.487 e. The Balaban J connectivity index is 1.89. The second-order valence-electron chi connectivity index (χ2n) is 12.6. The van der Waals surface area contributed by atoms with E-state index in [1.54, 1.807) is 0 Å². The number of hydrogen-bond acceptors (Lipinski definition) is 3. The van der Waals surface area contributed by atoms with Gasteiger partial charge in [0.1, 0.15) is 11.4 Å². The van der Waals surface area contributed by atoms with Crippen molar-refractivity contribution in [2.75, 3.05) is 5.32 Å². The van der Waals surface area contributed by atoms with Crippen molar-refractivity contribution >= 4 is 17.6 Å². The van der Waals surface area contributed by atoms with Gasteiger partial charge >= 0.3 is 5.97 Å². The van der Waals surface area contributed by atoms with E-state index in [4.69, 9.17) is 9.84 Å². The number of amides is 1. The second-order valence-corrected chi connectivity index (χ2v) is 12.6. The standard InChI is InChI=1S/C33H53NO4/c1-22(2)12-9-13-23(3)14-10-15-24(4)16-11-20-33(8)21-19-28-27(7)31(25(5)26(6)32(28)38-33)34-29(35)17-18-30(36)37/h17-18,22-24H,9-16,19-21H2,1-8H3,(H,34,35)(H,36,37)/b18-17+/t23-,24-,33-/m1/s1. The van der Waals surface area contributed by atoms with E-state index in [0.29, 0.717) is 0 Å². The van der Waals surface area contributed by atoms with Gasteiger partial charge in [0.15, 0.2) is 0 Å². The highest BCUT2D eigenvalue weighted by atomic mass is 16.5. The summed E-state index contributed by atoms with van der Waals surface area (Å²) >= 11 is 0. The molecule has 5 nitrogen and oxygen atoms in total. The number of nitrogens with one attached hydrogen (secondary N) is 1. The molecule has 5 heteroatoms. The van der Waals surface area contributed by atoms with Gasteiger partial charge in [0.25, 0.3) is 0 Å². The number of hydrogen-bond donors (Lipinski definition) is 2. The Morgan fingerprint density at radius 3 is 2.05 bits per heavy atom. The predicted molar refractivity (Wildman–Crippen MR) is 158 cm³/mol. The van der Waals surface area contributed by atoms with E-state index in [1.165, 1.54) is 51.4 Å². The van der Waals surface area contributed by atoms with E-state index < -0.39 is 11.9 Å². The number of carboxylic acid groups (broad SMARTS) is 1. The van der Waals surface area contributed by atoms with Gasteiger partial charge in [0.05, 0.1) is 0 Å². The average Bonchev–Trinajstić information content (AvgIpc) is 2.83. The molecule has 3 atom stereocenters. The molecule has 0 spiro atoms. The number of benzene rings is 1. The van der Waals surface area contributed by atoms with E-state index in [-0.39, 0.29) is 5.60 Å². The van der Waals surface area contributed by atoms with Gasteiger partial charge in [0.2, 0.25) is 5.91 Å². The third-order valence-electron chi connectivity index (χ3n) is 8.53. The number of anilines is 1. The minimum absolute atomic E-state index is 0.170. The van der Waals surface area contributed by atoms with Crippen LogP contribution in [0.5, 0.6) is 5.75 Å². The van der Waals surface area contributed by atoms with Gasteiger partial charge in [-0.2, -0.15) is 0 Å². The first-order valence-corrected chi connectivity index (χ1v) is 14.9. The molecule has 38 heavy (non-hydrogen) atoms. The first-order valence-electron chi connectivity index (χ1n) is 14.9. The van der Waals surface area contributed by atoms with Crippen molar-refractivity contribution in [2.24, 2.45) is 17.8 Å². The molecule has 0 bridgehead atoms. The quantitative estimate of drug-likeness (QED) is 0.224. The first kappa shape index (κ1) is 31.9. The zero-order valence-electron chi connectivity index (χ0n) is 25.3. The molecule has 0 saturated heterocycles. The van der Waals surface area contributed by atoms with Gasteiger partial charge in [-0.1, -0.05) is 72.6 Å². The third-order valence-corrected chi connectivity index (χ3v) is 8.53. The molecule has 1 aromatic rings. The third kappa shape index (κ3) is 9.78. The SMILES string of the molecule is Cc1c(C)c2c(c(C)c1NC(=O)/C=C/C(=O)O)CC[C@@](C)(CCC[C@H](C)CCC[C@H](C)CCCC(C)C)O2. The van der Waals surface area contributed by atoms with Crippen molar-refractivity contribution in [3.05, 3.63) is 34.4 Å². The van der Waals surface area contributed by atoms with Crippen LogP contribution in [0.2, 0.25) is 0 Å². The summed E-state index contributed by atoms with van der Waals surface area (Å²) in [6.45, 7) is 17.8. The Morgan fingerprint density at radius 2 is 1.47 bits per heavy atom. The zero-order valence-corrected chi connectivity index (χ0v) is 25.3. The zero-order chi connectivity index (χ0) is 28.5. The fourth-order valence-electron chi connectivity index (χ4n) is 5.79. The average molecular weight is 528 g/mol. The van der Waals surface area contributed by atoms with Crippen molar-refractivity contribution < 1.29 is 19.4 Å². The Kier molecular flexibility index (Phi) is 12.4. The lowest BCUT2D eigenvalue weighted by Crippen LogP contribution is -2.37. The Morgan fingerprint density at radius 1 is 0.895 bits per heavy atom. The maximum Gasteiger partial charge on any atom is 0.328 e. The van der Waals surface area contributed by atoms with Gasteiger partial charge in [-0.05, 0) is 93.4 Å². The highest BCUT2D eigenvalue weighted by Gasteiger charge is 2.34. The van der Waals surface area contributed by atoms with Gasteiger partial charge in [-0.3, -0.25) is 4.79 Å². The molecule has 1 aliphatic rings. The van der Waals surface area contributed by atoms with Crippen LogP contribution < -0.4 is 10.1 Å². The predicted octanol–water partition coefficient (Wildman–Crippen LogP) is 8.71. The van der Waals surface area contributed by atoms with Gasteiger partial charge in [-0.25, -0.2) is 4.79 Å². The van der Waals surface area contributed by atoms with Crippen LogP contribution in [-0.2, 0) is 16.0 Å². The van der Waals surface area contributed by atoms with Crippen molar-refractivity contribution in [3.63, 3.8) is 0 Å². The Hall–Kier alpha value is -2.30. The maximum absolute atomic E-state index is 12.2. The van der Waals surface area contributed by atoms with Crippen molar-refractivity contribution in [3.8, 4) is 5.75 Å². The molecule has 1 heterocycles. The number of carbonyl (C=O) groups excluding carboxylic acids is 1. The minimum atomic E-state index is -1.14. The highest BCUT2D eigenvalue weighted by molar-refractivity contribution is 6.03. The van der Waals surface area contributed by atoms with Crippen LogP contribution in [0.4, 0.5) is 5.69 Å². The number of carbonyl (C=O) groups is 2. The molecule has 1 aromatic carbocycles. The summed E-state index contributed by atoms with van der Waals surface area (Å²) in [6, 6.07) is 0. The number of aliphatic carboxylic acids is 1. The van der Waals surface area contributed by atoms with E-state index in [1.807, 2.05) is 20.8 Å². The van der Waals surface area contributed by atoms with E-state index in [2.05, 4.69) is 39.9 Å². The van der Waals surface area contributed by atoms with Gasteiger partial charge in [0, 0.05) is 17.8 Å². The van der Waals surface area contributed by atoms with E-state index in [9.17, 15) is 9.59 Å². The minimum Gasteiger partial charge on any atom is -0.487 e. The van der Waals surface area contributed by atoms with Crippen LogP contribution in [0.1, 0.15) is 121 Å². The molecule has 0 aliphatic carbocycles. The van der Waals surface area contributed by atoms with Crippen LogP contribution in [0.3, 0.4) is 0 Å². The normalized spacial score (nSPS) is 18.8. The topological polar surface area (TPSA) is 75.6 Å². The summed E-state index contributed by atoms with van der Waals surface area (Å²) < 4.78 is 6.70. The second kappa shape index (κ2) is 14.7. The lowest BCUT2D eigenvalue weighted by molar-refractivity contribution is -0.131. The fourth-order valence-corrected chi connectivity index (χ4v) is 5.79. The first-order chi connectivity index (χ1) is 17.8. The molecule has 214 valence electrons. The maximum atomic E-state index is 12.2. The summed E-state index contributed by atoms with van der Waals surface area (Å²) in [5.41, 5.74) is 4.76. The van der Waals surface area contributed by atoms with Gasteiger partial charge in [-0.15, -0.1) is 0 Å². The molecule has 2 N–H and O–H groups in total. The Bertz CT molecular complexity index is 980. The molecule has 2 rings (SSSR count). The monoisotopic (exact) mass is 527 g/mol. The highest BCUT2D eigenvalue weighted by Crippen LogP contribution is 2.44. The molecule has 0 aromatic heterocycles. The number of ether oxygens (including phenoxy) is 1. The summed E-state index contributed by atoms with van der Waals surface area (Å²) in [5.74, 6) is 1.81. The van der Waals surface area contributed by atoms with Gasteiger partial charge < -0.3 is 15.2 Å². The summed E-state index contributed by atoms with van der Waals surface area (Å²) in [7, 11) is 0. The summed E-state index contributed by atoms with van der Waals surface area (Å²) in [6.07, 6.45) is 15.4. The molecule has 0 fully saturated rings. The fraction of sp³-hybridized carbons (Fsp3) is 0.697. The van der Waals surface area contributed by atoms with Crippen LogP contribution >= 0.6 is 0 Å². The van der Waals surface area contributed by atoms with E-state index in [0.717, 1.165) is 82.9 Å². The van der Waals surface area contributed by atoms with Crippen molar-refractivity contribution in [1.82, 2.24) is 0 Å². The van der Waals surface area contributed by atoms with Crippen LogP contribution in [-0.4, -0.2) is 22.6 Å². The lowest BCUT2D eigenvalue weighted by Gasteiger charge is -2.38. The molecule has 1 aliphatic heterocycles. The van der Waals surface area contributed by atoms with Crippen LogP contribution in [0.25, 0.3) is 0 Å². The molecule has 1 amide bonds. The summed E-state index contributed by atoms with van der Waals surface area (Å²) in [5, 5.41) is 11.7. The summed E-state index contributed by atoms with van der Waals surface area (Å²) in [4.78, 5) is 23.0. The molecular formula is C33H53NO4. The van der Waals surface area contributed by atoms with Crippen molar-refractivity contribution in [1.29, 1.82) is 0 Å².